The summed E-state index contributed by atoms with van der Waals surface area (Å²) in [6.45, 7) is 4.66. The van der Waals surface area contributed by atoms with E-state index in [-0.39, 0.29) is 19.1 Å². The number of rotatable bonds is 45. The normalized spacial score (nSPS) is 14.3. The Labute approximate surface area is 354 Å². The van der Waals surface area contributed by atoms with Gasteiger partial charge in [0.25, 0.3) is 7.82 Å². The van der Waals surface area contributed by atoms with Crippen molar-refractivity contribution in [2.45, 2.75) is 251 Å². The van der Waals surface area contributed by atoms with Crippen LogP contribution in [0.2, 0.25) is 0 Å². The minimum Gasteiger partial charge on any atom is -0.756 e. The summed E-state index contributed by atoms with van der Waals surface area (Å²) >= 11 is 0. The van der Waals surface area contributed by atoms with Gasteiger partial charge in [0.2, 0.25) is 5.91 Å². The molecule has 1 amide bonds. The first-order chi connectivity index (χ1) is 27.5. The number of quaternary nitrogens is 1. The van der Waals surface area contributed by atoms with Crippen molar-refractivity contribution in [3.05, 3.63) is 12.2 Å². The first-order valence-electron chi connectivity index (χ1n) is 24.6. The second-order valence-corrected chi connectivity index (χ2v) is 19.6. The number of phosphoric acid groups is 1. The number of aliphatic hydroxyl groups excluding tert-OH is 1. The van der Waals surface area contributed by atoms with Crippen LogP contribution in [0.15, 0.2) is 12.2 Å². The van der Waals surface area contributed by atoms with Crippen molar-refractivity contribution in [2.75, 3.05) is 40.9 Å². The van der Waals surface area contributed by atoms with Crippen LogP contribution in [-0.4, -0.2) is 68.5 Å². The molecule has 340 valence electrons. The third-order valence-corrected chi connectivity index (χ3v) is 12.2. The Balaban J connectivity index is 4.15. The van der Waals surface area contributed by atoms with Gasteiger partial charge in [-0.2, -0.15) is 0 Å². The fourth-order valence-electron chi connectivity index (χ4n) is 7.33. The number of carbonyl (C=O) groups is 1. The van der Waals surface area contributed by atoms with E-state index < -0.39 is 20.0 Å². The number of unbranched alkanes of at least 4 members (excludes halogenated alkanes) is 32. The van der Waals surface area contributed by atoms with E-state index in [1.165, 1.54) is 180 Å². The highest BCUT2D eigenvalue weighted by atomic mass is 31.2. The molecule has 0 rings (SSSR count). The zero-order valence-electron chi connectivity index (χ0n) is 38.6. The zero-order valence-corrected chi connectivity index (χ0v) is 39.5. The predicted octanol–water partition coefficient (Wildman–Crippen LogP) is 13.3. The van der Waals surface area contributed by atoms with E-state index in [1.54, 1.807) is 6.08 Å². The fraction of sp³-hybridized carbons (Fsp3) is 0.938. The van der Waals surface area contributed by atoms with Gasteiger partial charge >= 0.3 is 0 Å². The van der Waals surface area contributed by atoms with Crippen LogP contribution in [0.25, 0.3) is 0 Å². The summed E-state index contributed by atoms with van der Waals surface area (Å²) in [5, 5.41) is 13.8. The SMILES string of the molecule is CCCCCCCCCCC/C=C/[C@@H](O)[C@H](COP(=O)([O-])OCC[N+](C)(C)C)NC(=O)CCCCCCCCCCCCCCCCCCCCCCCCCC. The lowest BCUT2D eigenvalue weighted by Crippen LogP contribution is -2.45. The first kappa shape index (κ1) is 56.2. The Hall–Kier alpha value is -0.760. The molecular formula is C48H97N2O6P. The minimum absolute atomic E-state index is 0.00205. The number of amides is 1. The van der Waals surface area contributed by atoms with Crippen molar-refractivity contribution in [3.63, 3.8) is 0 Å². The average Bonchev–Trinajstić information content (AvgIpc) is 3.16. The second kappa shape index (κ2) is 40.6. The molecule has 1 unspecified atom stereocenters. The maximum atomic E-state index is 12.9. The number of hydrogen-bond donors (Lipinski definition) is 2. The largest absolute Gasteiger partial charge is 0.756 e. The van der Waals surface area contributed by atoms with Crippen molar-refractivity contribution >= 4 is 13.7 Å². The second-order valence-electron chi connectivity index (χ2n) is 18.2. The van der Waals surface area contributed by atoms with E-state index in [9.17, 15) is 19.4 Å². The number of carbonyl (C=O) groups excluding carboxylic acids is 1. The number of hydrogen-bond acceptors (Lipinski definition) is 6. The van der Waals surface area contributed by atoms with Crippen LogP contribution in [0, 0.1) is 0 Å². The molecule has 0 radical (unpaired) electrons. The smallest absolute Gasteiger partial charge is 0.268 e. The Morgan fingerprint density at radius 2 is 0.947 bits per heavy atom. The molecule has 0 aliphatic carbocycles. The van der Waals surface area contributed by atoms with E-state index in [2.05, 4.69) is 19.2 Å². The number of nitrogens with one attached hydrogen (secondary N) is 1. The molecule has 0 saturated heterocycles. The molecule has 0 fully saturated rings. The Morgan fingerprint density at radius 3 is 1.32 bits per heavy atom. The van der Waals surface area contributed by atoms with E-state index in [1.807, 2.05) is 27.2 Å². The molecule has 0 bridgehead atoms. The first-order valence-corrected chi connectivity index (χ1v) is 26.0. The summed E-state index contributed by atoms with van der Waals surface area (Å²) in [6, 6.07) is -0.879. The van der Waals surface area contributed by atoms with Gasteiger partial charge in [0, 0.05) is 6.42 Å². The maximum Gasteiger partial charge on any atom is 0.268 e. The van der Waals surface area contributed by atoms with E-state index in [0.29, 0.717) is 17.4 Å². The van der Waals surface area contributed by atoms with Gasteiger partial charge in [-0.25, -0.2) is 0 Å². The van der Waals surface area contributed by atoms with E-state index in [4.69, 9.17) is 9.05 Å². The highest BCUT2D eigenvalue weighted by molar-refractivity contribution is 7.45. The average molecular weight is 829 g/mol. The van der Waals surface area contributed by atoms with Gasteiger partial charge in [-0.05, 0) is 19.3 Å². The molecule has 0 aromatic heterocycles. The molecule has 3 atom stereocenters. The molecule has 2 N–H and O–H groups in total. The summed E-state index contributed by atoms with van der Waals surface area (Å²) in [4.78, 5) is 25.3. The van der Waals surface area contributed by atoms with Crippen molar-refractivity contribution in [1.82, 2.24) is 5.32 Å². The van der Waals surface area contributed by atoms with Gasteiger partial charge < -0.3 is 28.8 Å². The quantitative estimate of drug-likeness (QED) is 0.0274. The van der Waals surface area contributed by atoms with Gasteiger partial charge in [-0.3, -0.25) is 9.36 Å². The lowest BCUT2D eigenvalue weighted by atomic mass is 10.0. The van der Waals surface area contributed by atoms with Crippen molar-refractivity contribution in [3.8, 4) is 0 Å². The van der Waals surface area contributed by atoms with Crippen LogP contribution in [0.1, 0.15) is 239 Å². The Morgan fingerprint density at radius 1 is 0.596 bits per heavy atom. The van der Waals surface area contributed by atoms with Crippen LogP contribution in [0.4, 0.5) is 0 Å². The van der Waals surface area contributed by atoms with Crippen molar-refractivity contribution < 1.29 is 32.9 Å². The summed E-state index contributed by atoms with van der Waals surface area (Å²) in [5.74, 6) is -0.194. The molecule has 0 heterocycles. The van der Waals surface area contributed by atoms with Crippen LogP contribution in [0.5, 0.6) is 0 Å². The molecule has 8 nitrogen and oxygen atoms in total. The predicted molar refractivity (Wildman–Crippen MR) is 242 cm³/mol. The van der Waals surface area contributed by atoms with Crippen LogP contribution >= 0.6 is 7.82 Å². The summed E-state index contributed by atoms with van der Waals surface area (Å²) < 4.78 is 23.2. The molecule has 0 saturated carbocycles. The van der Waals surface area contributed by atoms with Gasteiger partial charge in [-0.15, -0.1) is 0 Å². The van der Waals surface area contributed by atoms with Crippen molar-refractivity contribution in [1.29, 1.82) is 0 Å². The third kappa shape index (κ3) is 43.1. The highest BCUT2D eigenvalue weighted by Crippen LogP contribution is 2.38. The van der Waals surface area contributed by atoms with Crippen LogP contribution in [-0.2, 0) is 18.4 Å². The molecular weight excluding hydrogens is 732 g/mol. The molecule has 9 heteroatoms. The van der Waals surface area contributed by atoms with Gasteiger partial charge in [0.05, 0.1) is 39.9 Å². The molecule has 0 aromatic rings. The maximum absolute atomic E-state index is 12.9. The molecule has 0 aliphatic rings. The van der Waals surface area contributed by atoms with Gasteiger partial charge in [0.15, 0.2) is 0 Å². The minimum atomic E-state index is -4.58. The van der Waals surface area contributed by atoms with Gasteiger partial charge in [0.1, 0.15) is 13.2 Å². The summed E-state index contributed by atoms with van der Waals surface area (Å²) in [7, 11) is 1.27. The van der Waals surface area contributed by atoms with Gasteiger partial charge in [-0.1, -0.05) is 225 Å². The number of nitrogens with zero attached hydrogens (tertiary/aromatic N) is 1. The lowest BCUT2D eigenvalue weighted by molar-refractivity contribution is -0.870. The third-order valence-electron chi connectivity index (χ3n) is 11.2. The molecule has 0 aromatic carbocycles. The summed E-state index contributed by atoms with van der Waals surface area (Å²) in [5.41, 5.74) is 0. The Bertz CT molecular complexity index is 942. The zero-order chi connectivity index (χ0) is 42.1. The molecule has 57 heavy (non-hydrogen) atoms. The van der Waals surface area contributed by atoms with Crippen LogP contribution in [0.3, 0.4) is 0 Å². The molecule has 0 aliphatic heterocycles. The monoisotopic (exact) mass is 829 g/mol. The van der Waals surface area contributed by atoms with Crippen LogP contribution < -0.4 is 10.2 Å². The van der Waals surface area contributed by atoms with E-state index >= 15 is 0 Å². The molecule has 0 spiro atoms. The number of allylic oxidation sites excluding steroid dienone is 1. The highest BCUT2D eigenvalue weighted by Gasteiger charge is 2.23. The lowest BCUT2D eigenvalue weighted by Gasteiger charge is -2.29. The topological polar surface area (TPSA) is 108 Å². The number of phosphoric ester groups is 1. The van der Waals surface area contributed by atoms with E-state index in [0.717, 1.165) is 38.5 Å². The number of aliphatic hydroxyl groups is 1. The fourth-order valence-corrected chi connectivity index (χ4v) is 8.05. The standard InChI is InChI=1S/C48H97N2O6P/c1-6-8-10-12-14-16-18-19-20-21-22-23-24-25-26-27-28-29-30-32-34-36-38-40-42-48(52)49-46(45-56-57(53,54)55-44-43-50(3,4)5)47(51)41-39-37-35-33-31-17-15-13-11-9-7-2/h39,41,46-47,51H,6-38,40,42-45H2,1-5H3,(H-,49,52,53,54)/b41-39+/t46-,47+/m0/s1. The summed E-state index contributed by atoms with van der Waals surface area (Å²) in [6.07, 6.45) is 47.0. The van der Waals surface area contributed by atoms with Crippen molar-refractivity contribution in [2.24, 2.45) is 0 Å². The number of likely N-dealkylation sites (N-methyl/N-ethyl adjacent to an activating group) is 1. The Kier molecular flexibility index (Phi) is 40.1.